The van der Waals surface area contributed by atoms with Crippen LogP contribution in [0, 0.1) is 0 Å². The summed E-state index contributed by atoms with van der Waals surface area (Å²) in [5, 5.41) is 0. The van der Waals surface area contributed by atoms with E-state index in [0.29, 0.717) is 51.7 Å². The van der Waals surface area contributed by atoms with Gasteiger partial charge in [0.25, 0.3) is 0 Å². The van der Waals surface area contributed by atoms with Gasteiger partial charge in [-0.15, -0.1) is 0 Å². The molecular formula is C38H88O24P6Zr. The van der Waals surface area contributed by atoms with Crippen LogP contribution in [0.2, 0.25) is 0 Å². The molecule has 31 heteroatoms. The van der Waals surface area contributed by atoms with Crippen molar-refractivity contribution in [2.45, 2.75) is 233 Å². The minimum atomic E-state index is -5.05. The molecule has 24 nitrogen and oxygen atoms in total. The Kier molecular flexibility index (Phi) is 47.0. The topological polar surface area (TPSA) is 375 Å². The monoisotopic (exact) mass is 1200 g/mol. The number of phosphoric ester groups is 3. The van der Waals surface area contributed by atoms with E-state index in [4.69, 9.17) is 42.9 Å². The van der Waals surface area contributed by atoms with Crippen molar-refractivity contribution in [3.05, 3.63) is 0 Å². The molecule has 6 atom stereocenters. The quantitative estimate of drug-likeness (QED) is 0.0204. The summed E-state index contributed by atoms with van der Waals surface area (Å²) in [5.41, 5.74) is 0. The average molecular weight is 1210 g/mol. The van der Waals surface area contributed by atoms with Gasteiger partial charge in [0.2, 0.25) is 0 Å². The zero-order valence-corrected chi connectivity index (χ0v) is 49.4. The summed E-state index contributed by atoms with van der Waals surface area (Å²) in [6, 6.07) is 0. The summed E-state index contributed by atoms with van der Waals surface area (Å²) in [4.78, 5) is 79.7. The normalized spacial score (nSPS) is 17.1. The van der Waals surface area contributed by atoms with Crippen LogP contribution in [0.5, 0.6) is 0 Å². The van der Waals surface area contributed by atoms with Gasteiger partial charge in [-0.3, -0.25) is 13.6 Å². The van der Waals surface area contributed by atoms with E-state index in [0.717, 1.165) is 135 Å². The van der Waals surface area contributed by atoms with E-state index < -0.39 is 87.9 Å². The van der Waals surface area contributed by atoms with E-state index in [1.54, 1.807) is 0 Å². The van der Waals surface area contributed by atoms with Crippen molar-refractivity contribution < 1.29 is 129 Å². The maximum absolute atomic E-state index is 11.6. The molecule has 6 unspecified atom stereocenters. The molecule has 1 rings (SSSR count). The molecule has 0 saturated carbocycles. The number of hydrogen-bond donors (Lipinski definition) is 9. The van der Waals surface area contributed by atoms with Gasteiger partial charge in [0.15, 0.2) is 0 Å². The van der Waals surface area contributed by atoms with Gasteiger partial charge in [-0.25, -0.2) is 27.4 Å². The third-order valence-electron chi connectivity index (χ3n) is 9.53. The Morgan fingerprint density at radius 3 is 0.739 bits per heavy atom. The predicted octanol–water partition coefficient (Wildman–Crippen LogP) is 12.2. The van der Waals surface area contributed by atoms with Crippen LogP contribution in [-0.2, 0) is 85.0 Å². The third-order valence-corrected chi connectivity index (χ3v) is 18.4. The molecule has 69 heavy (non-hydrogen) atoms. The van der Waals surface area contributed by atoms with E-state index in [2.05, 4.69) is 39.3 Å². The molecule has 9 N–H and O–H groups in total. The number of rotatable bonds is 39. The zero-order chi connectivity index (χ0) is 53.5. The van der Waals surface area contributed by atoms with Gasteiger partial charge >= 0.3 is 91.2 Å². The molecule has 0 aliphatic carbocycles. The number of phosphoric acid groups is 6. The van der Waals surface area contributed by atoms with E-state index >= 15 is 0 Å². The summed E-state index contributed by atoms with van der Waals surface area (Å²) < 4.78 is 112. The van der Waals surface area contributed by atoms with Gasteiger partial charge < -0.3 is 44.0 Å². The Morgan fingerprint density at radius 2 is 0.565 bits per heavy atom. The Hall–Kier alpha value is 1.38. The zero-order valence-electron chi connectivity index (χ0n) is 41.6. The molecule has 1 fully saturated rings. The van der Waals surface area contributed by atoms with Crippen molar-refractivity contribution in [1.29, 1.82) is 0 Å². The van der Waals surface area contributed by atoms with E-state index in [9.17, 15) is 44.9 Å². The summed E-state index contributed by atoms with van der Waals surface area (Å²) in [7, 11) is -29.3. The first-order chi connectivity index (χ1) is 32.0. The van der Waals surface area contributed by atoms with Crippen LogP contribution < -0.4 is 0 Å². The van der Waals surface area contributed by atoms with Crippen LogP contribution in [0.4, 0.5) is 0 Å². The van der Waals surface area contributed by atoms with Gasteiger partial charge in [0, 0.05) is 0 Å². The minimum absolute atomic E-state index is 0.519. The van der Waals surface area contributed by atoms with Crippen molar-refractivity contribution in [1.82, 2.24) is 0 Å². The van der Waals surface area contributed by atoms with Crippen molar-refractivity contribution in [2.75, 3.05) is 13.2 Å². The van der Waals surface area contributed by atoms with Crippen LogP contribution in [0.3, 0.4) is 0 Å². The Morgan fingerprint density at radius 1 is 0.362 bits per heavy atom. The van der Waals surface area contributed by atoms with E-state index in [1.807, 2.05) is 20.8 Å². The number of unbranched alkanes of at least 4 members (excludes halogenated alkanes) is 15. The SMILES string of the molecule is CCCCCCCC(CCCC)OP(=O)(O)OP(=O)(O)O.CCCCCCCC(CCCC)OP(=O)(O)OP(=O)(O)O.CCCCCCCC(CCCC)OP(=O)(O)OP(=O)(O)O.[O]=[Zr]1[O]CC[O]1. The second kappa shape index (κ2) is 43.5. The summed E-state index contributed by atoms with van der Waals surface area (Å²) in [6.07, 6.45) is 22.8. The fourth-order valence-corrected chi connectivity index (χ4v) is 13.2. The van der Waals surface area contributed by atoms with Gasteiger partial charge in [0.1, 0.15) is 0 Å². The summed E-state index contributed by atoms with van der Waals surface area (Å²) in [6.45, 7) is 13.4. The Bertz CT molecular complexity index is 1390. The molecule has 0 aromatic heterocycles. The molecule has 1 aliphatic rings. The first-order valence-electron chi connectivity index (χ1n) is 24.1. The molecule has 418 valence electrons. The molecule has 0 spiro atoms. The second-order valence-corrected chi connectivity index (χ2v) is 27.3. The van der Waals surface area contributed by atoms with Crippen molar-refractivity contribution >= 4 is 46.9 Å². The van der Waals surface area contributed by atoms with Crippen molar-refractivity contribution in [3.8, 4) is 0 Å². The fourth-order valence-electron chi connectivity index (χ4n) is 6.29. The molecule has 0 bridgehead atoms. The maximum atomic E-state index is 11.6. The van der Waals surface area contributed by atoms with Crippen LogP contribution in [0.25, 0.3) is 0 Å². The molecule has 1 saturated heterocycles. The predicted molar refractivity (Wildman–Crippen MR) is 255 cm³/mol. The molecular weight excluding hydrogens is 1120 g/mol. The molecule has 0 amide bonds. The Labute approximate surface area is 420 Å². The van der Waals surface area contributed by atoms with Crippen LogP contribution in [0.15, 0.2) is 0 Å². The fraction of sp³-hybridized carbons (Fsp3) is 1.00. The standard InChI is InChI=1S/3C12H28O7P2.C2H4O2.O.Zr/c3*1-3-5-7-8-9-11-12(10-6-4-2)18-21(16,17)19-20(13,14)15;3-1-2-4;;/h3*12H,3-11H2,1-2H3,(H,16,17)(H2,13,14,15);1-2H2;;/q;;;-2;;+2. The average Bonchev–Trinajstić information content (AvgIpc) is 3.68. The molecule has 0 radical (unpaired) electrons. The molecule has 0 aromatic rings. The van der Waals surface area contributed by atoms with Gasteiger partial charge in [-0.2, -0.15) is 12.9 Å². The molecule has 0 aromatic carbocycles. The van der Waals surface area contributed by atoms with Crippen LogP contribution in [0.1, 0.15) is 215 Å². The molecule has 1 heterocycles. The Balaban J connectivity index is -0.000000888. The van der Waals surface area contributed by atoms with Crippen LogP contribution >= 0.6 is 46.9 Å². The third kappa shape index (κ3) is 56.9. The molecule has 1 aliphatic heterocycles. The van der Waals surface area contributed by atoms with Gasteiger partial charge in [0.05, 0.1) is 18.3 Å². The van der Waals surface area contributed by atoms with Gasteiger partial charge in [-0.05, 0) is 38.5 Å². The van der Waals surface area contributed by atoms with E-state index in [-0.39, 0.29) is 0 Å². The summed E-state index contributed by atoms with van der Waals surface area (Å²) in [5.74, 6) is 0. The summed E-state index contributed by atoms with van der Waals surface area (Å²) >= 11 is -2.76. The van der Waals surface area contributed by atoms with E-state index in [1.165, 1.54) is 0 Å². The van der Waals surface area contributed by atoms with Crippen molar-refractivity contribution in [2.24, 2.45) is 0 Å². The second-order valence-electron chi connectivity index (χ2n) is 16.3. The van der Waals surface area contributed by atoms with Gasteiger partial charge in [-0.1, -0.05) is 176 Å². The first-order valence-corrected chi connectivity index (χ1v) is 36.2. The van der Waals surface area contributed by atoms with Crippen molar-refractivity contribution in [3.63, 3.8) is 0 Å². The van der Waals surface area contributed by atoms with Crippen LogP contribution in [-0.4, -0.2) is 75.6 Å². The first kappa shape index (κ1) is 74.6. The number of hydrogen-bond acceptors (Lipinski definition) is 15.